The number of phenols is 1. The Hall–Kier alpha value is -4.04. The molecule has 10 nitrogen and oxygen atoms in total. The Kier molecular flexibility index (Phi) is 6.95. The Morgan fingerprint density at radius 1 is 1.07 bits per heavy atom. The quantitative estimate of drug-likeness (QED) is 0.310. The molecule has 2 amide bonds. The zero-order chi connectivity index (χ0) is 20.5. The van der Waals surface area contributed by atoms with E-state index in [1.807, 2.05) is 0 Å². The number of carbonyl (C=O) groups is 3. The summed E-state index contributed by atoms with van der Waals surface area (Å²) in [6.45, 7) is -0.406. The van der Waals surface area contributed by atoms with Gasteiger partial charge in [-0.05, 0) is 35.4 Å². The fourth-order valence-corrected chi connectivity index (χ4v) is 2.31. The minimum absolute atomic E-state index is 0.0240. The molecule has 144 valence electrons. The highest BCUT2D eigenvalue weighted by molar-refractivity contribution is 5.97. The van der Waals surface area contributed by atoms with Gasteiger partial charge in [0.25, 0.3) is 5.91 Å². The first-order chi connectivity index (χ1) is 13.4. The lowest BCUT2D eigenvalue weighted by atomic mass is 10.1. The predicted octanol–water partition coefficient (Wildman–Crippen LogP) is 1.88. The lowest BCUT2D eigenvalue weighted by Crippen LogP contribution is -2.46. The number of nitrogens with zero attached hydrogens (tertiary/aromatic N) is 3. The number of azide groups is 1. The molecule has 0 saturated carbocycles. The molecule has 0 spiro atoms. The highest BCUT2D eigenvalue weighted by Crippen LogP contribution is 2.13. The number of phenolic OH excluding ortho intramolecular Hbond substituents is 1. The van der Waals surface area contributed by atoms with Gasteiger partial charge in [0.1, 0.15) is 11.8 Å². The van der Waals surface area contributed by atoms with Crippen LogP contribution in [-0.4, -0.2) is 40.6 Å². The Bertz CT molecular complexity index is 905. The summed E-state index contributed by atoms with van der Waals surface area (Å²) in [5, 5.41) is 26.6. The van der Waals surface area contributed by atoms with E-state index in [1.54, 1.807) is 12.1 Å². The molecule has 2 aromatic carbocycles. The third-order valence-corrected chi connectivity index (χ3v) is 3.71. The smallest absolute Gasteiger partial charge is 0.326 e. The van der Waals surface area contributed by atoms with Crippen molar-refractivity contribution in [3.8, 4) is 5.75 Å². The Labute approximate surface area is 159 Å². The molecule has 0 aliphatic carbocycles. The Morgan fingerprint density at radius 3 is 2.29 bits per heavy atom. The van der Waals surface area contributed by atoms with Gasteiger partial charge >= 0.3 is 5.97 Å². The molecule has 0 bridgehead atoms. The van der Waals surface area contributed by atoms with Gasteiger partial charge in [0.15, 0.2) is 0 Å². The van der Waals surface area contributed by atoms with Crippen LogP contribution in [0.4, 0.5) is 5.69 Å². The van der Waals surface area contributed by atoms with Gasteiger partial charge in [-0.25, -0.2) is 4.79 Å². The molecule has 0 heterocycles. The van der Waals surface area contributed by atoms with Crippen molar-refractivity contribution in [3.63, 3.8) is 0 Å². The average molecular weight is 383 g/mol. The summed E-state index contributed by atoms with van der Waals surface area (Å²) in [5.74, 6) is -2.37. The molecule has 0 aliphatic heterocycles. The van der Waals surface area contributed by atoms with E-state index in [0.717, 1.165) is 0 Å². The second kappa shape index (κ2) is 9.60. The van der Waals surface area contributed by atoms with Crippen molar-refractivity contribution in [2.45, 2.75) is 12.5 Å². The molecular formula is C18H17N5O5. The number of aromatic hydroxyl groups is 1. The Morgan fingerprint density at radius 2 is 1.71 bits per heavy atom. The van der Waals surface area contributed by atoms with Gasteiger partial charge in [0.05, 0.1) is 6.54 Å². The number of carboxylic acids is 1. The van der Waals surface area contributed by atoms with Gasteiger partial charge in [-0.15, -0.1) is 0 Å². The first-order valence-electron chi connectivity index (χ1n) is 8.12. The van der Waals surface area contributed by atoms with Gasteiger partial charge in [-0.3, -0.25) is 9.59 Å². The standard InChI is InChI=1S/C18H17N5O5/c19-23-22-13-5-3-12(4-6-13)17(26)20-10-16(25)21-15(18(27)28)9-11-1-7-14(24)8-2-11/h1-8,15,24H,9-10H2,(H,20,26)(H,21,25)(H,27,28)/t15-/m0/s1. The van der Waals surface area contributed by atoms with Gasteiger partial charge in [-0.2, -0.15) is 0 Å². The summed E-state index contributed by atoms with van der Waals surface area (Å²) in [4.78, 5) is 38.0. The van der Waals surface area contributed by atoms with Crippen LogP contribution in [0.1, 0.15) is 15.9 Å². The molecule has 0 unspecified atom stereocenters. The van der Waals surface area contributed by atoms with Crippen molar-refractivity contribution >= 4 is 23.5 Å². The average Bonchev–Trinajstić information content (AvgIpc) is 2.68. The first kappa shape index (κ1) is 20.3. The lowest BCUT2D eigenvalue weighted by molar-refractivity contribution is -0.141. The van der Waals surface area contributed by atoms with E-state index in [-0.39, 0.29) is 17.7 Å². The number of hydrogen-bond acceptors (Lipinski definition) is 5. The molecule has 0 saturated heterocycles. The number of nitrogens with one attached hydrogen (secondary N) is 2. The van der Waals surface area contributed by atoms with E-state index in [2.05, 4.69) is 20.7 Å². The fourth-order valence-electron chi connectivity index (χ4n) is 2.31. The molecule has 0 aromatic heterocycles. The van der Waals surface area contributed by atoms with Crippen LogP contribution in [0, 0.1) is 0 Å². The molecular weight excluding hydrogens is 366 g/mol. The Balaban J connectivity index is 1.89. The third-order valence-electron chi connectivity index (χ3n) is 3.71. The van der Waals surface area contributed by atoms with Crippen molar-refractivity contribution in [2.24, 2.45) is 5.11 Å². The fraction of sp³-hybridized carbons (Fsp3) is 0.167. The zero-order valence-corrected chi connectivity index (χ0v) is 14.6. The zero-order valence-electron chi connectivity index (χ0n) is 14.6. The maximum Gasteiger partial charge on any atom is 0.326 e. The predicted molar refractivity (Wildman–Crippen MR) is 99.0 cm³/mol. The van der Waals surface area contributed by atoms with Crippen LogP contribution < -0.4 is 10.6 Å². The van der Waals surface area contributed by atoms with Crippen molar-refractivity contribution < 1.29 is 24.6 Å². The first-order valence-corrected chi connectivity index (χ1v) is 8.12. The lowest BCUT2D eigenvalue weighted by Gasteiger charge is -2.15. The number of aliphatic carboxylic acids is 1. The monoisotopic (exact) mass is 383 g/mol. The summed E-state index contributed by atoms with van der Waals surface area (Å²) in [5.41, 5.74) is 9.56. The highest BCUT2D eigenvalue weighted by Gasteiger charge is 2.20. The van der Waals surface area contributed by atoms with Gasteiger partial charge in [0.2, 0.25) is 5.91 Å². The molecule has 28 heavy (non-hydrogen) atoms. The van der Waals surface area contributed by atoms with Gasteiger partial charge < -0.3 is 20.8 Å². The topological polar surface area (TPSA) is 164 Å². The summed E-state index contributed by atoms with van der Waals surface area (Å²) >= 11 is 0. The van der Waals surface area contributed by atoms with Crippen molar-refractivity contribution in [1.29, 1.82) is 0 Å². The number of carbonyl (C=O) groups excluding carboxylic acids is 2. The van der Waals surface area contributed by atoms with Crippen LogP contribution in [0.15, 0.2) is 53.6 Å². The normalized spacial score (nSPS) is 11.0. The van der Waals surface area contributed by atoms with Crippen LogP contribution in [0.3, 0.4) is 0 Å². The van der Waals surface area contributed by atoms with Crippen molar-refractivity contribution in [3.05, 3.63) is 70.1 Å². The molecule has 0 radical (unpaired) electrons. The SMILES string of the molecule is [N-]=[N+]=Nc1ccc(C(=O)NCC(=O)N[C@@H](Cc2ccc(O)cc2)C(=O)O)cc1. The molecule has 2 aromatic rings. The summed E-state index contributed by atoms with van der Waals surface area (Å²) < 4.78 is 0. The van der Waals surface area contributed by atoms with E-state index in [9.17, 15) is 24.6 Å². The molecule has 0 fully saturated rings. The summed E-state index contributed by atoms with van der Waals surface area (Å²) in [6, 6.07) is 10.5. The van der Waals surface area contributed by atoms with Crippen molar-refractivity contribution in [1.82, 2.24) is 10.6 Å². The second-order valence-corrected chi connectivity index (χ2v) is 5.75. The van der Waals surface area contributed by atoms with E-state index >= 15 is 0 Å². The van der Waals surface area contributed by atoms with E-state index < -0.39 is 30.4 Å². The second-order valence-electron chi connectivity index (χ2n) is 5.75. The number of benzene rings is 2. The highest BCUT2D eigenvalue weighted by atomic mass is 16.4. The maximum atomic E-state index is 12.0. The van der Waals surface area contributed by atoms with Gasteiger partial charge in [0, 0.05) is 22.6 Å². The van der Waals surface area contributed by atoms with Crippen LogP contribution in [0.5, 0.6) is 5.75 Å². The maximum absolute atomic E-state index is 12.0. The van der Waals surface area contributed by atoms with Crippen LogP contribution >= 0.6 is 0 Å². The van der Waals surface area contributed by atoms with Gasteiger partial charge in [-0.1, -0.05) is 29.4 Å². The van der Waals surface area contributed by atoms with E-state index in [4.69, 9.17) is 5.53 Å². The summed E-state index contributed by atoms with van der Waals surface area (Å²) in [6.07, 6.45) is 0.0240. The molecule has 4 N–H and O–H groups in total. The number of amides is 2. The minimum atomic E-state index is -1.22. The number of carboxylic acid groups (broad SMARTS) is 1. The number of hydrogen-bond donors (Lipinski definition) is 4. The molecule has 0 aliphatic rings. The molecule has 10 heteroatoms. The minimum Gasteiger partial charge on any atom is -0.508 e. The third kappa shape index (κ3) is 6.04. The van der Waals surface area contributed by atoms with Crippen LogP contribution in [0.25, 0.3) is 10.4 Å². The summed E-state index contributed by atoms with van der Waals surface area (Å²) in [7, 11) is 0. The van der Waals surface area contributed by atoms with E-state index in [1.165, 1.54) is 36.4 Å². The van der Waals surface area contributed by atoms with E-state index in [0.29, 0.717) is 11.3 Å². The number of rotatable bonds is 8. The molecule has 2 rings (SSSR count). The van der Waals surface area contributed by atoms with Crippen LogP contribution in [-0.2, 0) is 16.0 Å². The molecule has 1 atom stereocenters. The largest absolute Gasteiger partial charge is 0.508 e. The van der Waals surface area contributed by atoms with Crippen molar-refractivity contribution in [2.75, 3.05) is 6.54 Å². The van der Waals surface area contributed by atoms with Crippen LogP contribution in [0.2, 0.25) is 0 Å².